The molecule has 0 unspecified atom stereocenters. The third-order valence-corrected chi connectivity index (χ3v) is 2.52. The van der Waals surface area contributed by atoms with Gasteiger partial charge in [-0.3, -0.25) is 0 Å². The van der Waals surface area contributed by atoms with Gasteiger partial charge in [-0.15, -0.1) is 5.10 Å². The van der Waals surface area contributed by atoms with Gasteiger partial charge in [0, 0.05) is 18.8 Å². The largest absolute Gasteiger partial charge is 0.408 e. The monoisotopic (exact) mass is 203 g/mol. The van der Waals surface area contributed by atoms with Gasteiger partial charge in [0.05, 0.1) is 0 Å². The predicted molar refractivity (Wildman–Crippen MR) is 44.9 cm³/mol. The minimum Gasteiger partial charge on any atom is -0.408 e. The van der Waals surface area contributed by atoms with Gasteiger partial charge in [0.15, 0.2) is 0 Å². The van der Waals surface area contributed by atoms with Crippen LogP contribution in [-0.4, -0.2) is 16.1 Å². The van der Waals surface area contributed by atoms with Crippen LogP contribution in [0.25, 0.3) is 0 Å². The minimum absolute atomic E-state index is 0.00247. The number of hydrogen-bond donors (Lipinski definition) is 1. The quantitative estimate of drug-likeness (QED) is 0.757. The Balaban J connectivity index is 2.02. The average molecular weight is 203 g/mol. The third-order valence-electron chi connectivity index (χ3n) is 2.52. The molecule has 0 spiro atoms. The lowest BCUT2D eigenvalue weighted by atomic mass is 9.87. The maximum atomic E-state index is 12.8. The SMILES string of the molecule is Nc1nnc(C2CCC(F)(F)CC2)o1. The molecule has 6 heteroatoms. The van der Waals surface area contributed by atoms with Gasteiger partial charge in [0.25, 0.3) is 0 Å². The normalized spacial score (nSPS) is 22.4. The summed E-state index contributed by atoms with van der Waals surface area (Å²) < 4.78 is 30.6. The van der Waals surface area contributed by atoms with E-state index in [0.717, 1.165) is 0 Å². The number of hydrogen-bond acceptors (Lipinski definition) is 4. The van der Waals surface area contributed by atoms with Crippen molar-refractivity contribution in [3.8, 4) is 0 Å². The van der Waals surface area contributed by atoms with Gasteiger partial charge in [0.2, 0.25) is 11.8 Å². The number of nitrogens with two attached hydrogens (primary N) is 1. The van der Waals surface area contributed by atoms with Crippen LogP contribution in [0.3, 0.4) is 0 Å². The van der Waals surface area contributed by atoms with Crippen LogP contribution in [0.15, 0.2) is 4.42 Å². The molecule has 0 aliphatic heterocycles. The first kappa shape index (κ1) is 9.36. The average Bonchev–Trinajstić information content (AvgIpc) is 2.52. The van der Waals surface area contributed by atoms with Crippen molar-refractivity contribution >= 4 is 6.01 Å². The second-order valence-corrected chi connectivity index (χ2v) is 3.61. The summed E-state index contributed by atoms with van der Waals surface area (Å²) in [4.78, 5) is 0. The fraction of sp³-hybridized carbons (Fsp3) is 0.750. The fourth-order valence-corrected chi connectivity index (χ4v) is 1.70. The molecule has 1 aliphatic carbocycles. The first-order valence-electron chi connectivity index (χ1n) is 4.53. The van der Waals surface area contributed by atoms with Gasteiger partial charge in [-0.05, 0) is 12.8 Å². The summed E-state index contributed by atoms with van der Waals surface area (Å²) in [5.41, 5.74) is 5.25. The zero-order chi connectivity index (χ0) is 10.2. The molecule has 1 aliphatic rings. The van der Waals surface area contributed by atoms with E-state index in [-0.39, 0.29) is 24.8 Å². The summed E-state index contributed by atoms with van der Waals surface area (Å²) >= 11 is 0. The van der Waals surface area contributed by atoms with Gasteiger partial charge < -0.3 is 10.2 Å². The van der Waals surface area contributed by atoms with Crippen molar-refractivity contribution in [2.24, 2.45) is 0 Å². The summed E-state index contributed by atoms with van der Waals surface area (Å²) in [5, 5.41) is 7.20. The molecule has 1 fully saturated rings. The summed E-state index contributed by atoms with van der Waals surface area (Å²) in [6, 6.07) is -0.00247. The molecule has 14 heavy (non-hydrogen) atoms. The van der Waals surface area contributed by atoms with Crippen molar-refractivity contribution in [1.29, 1.82) is 0 Å². The molecular formula is C8H11F2N3O. The lowest BCUT2D eigenvalue weighted by Gasteiger charge is -2.25. The number of aromatic nitrogens is 2. The number of alkyl halides is 2. The highest BCUT2D eigenvalue weighted by atomic mass is 19.3. The second-order valence-electron chi connectivity index (χ2n) is 3.61. The lowest BCUT2D eigenvalue weighted by Crippen LogP contribution is -2.23. The van der Waals surface area contributed by atoms with E-state index >= 15 is 0 Å². The van der Waals surface area contributed by atoms with Crippen LogP contribution in [0.5, 0.6) is 0 Å². The Labute approximate surface area is 79.5 Å². The number of nitrogen functional groups attached to an aromatic ring is 1. The topological polar surface area (TPSA) is 64.9 Å². The fourth-order valence-electron chi connectivity index (χ4n) is 1.70. The van der Waals surface area contributed by atoms with Gasteiger partial charge in [-0.25, -0.2) is 8.78 Å². The van der Waals surface area contributed by atoms with Crippen molar-refractivity contribution in [1.82, 2.24) is 10.2 Å². The molecule has 0 bridgehead atoms. The molecule has 0 saturated heterocycles. The first-order chi connectivity index (χ1) is 6.57. The van der Waals surface area contributed by atoms with Crippen LogP contribution in [0.1, 0.15) is 37.5 Å². The van der Waals surface area contributed by atoms with Gasteiger partial charge in [-0.2, -0.15) is 0 Å². The molecule has 0 radical (unpaired) electrons. The maximum absolute atomic E-state index is 12.8. The zero-order valence-corrected chi connectivity index (χ0v) is 7.54. The molecule has 0 aromatic carbocycles. The Morgan fingerprint density at radius 2 is 1.93 bits per heavy atom. The van der Waals surface area contributed by atoms with Crippen molar-refractivity contribution in [2.45, 2.75) is 37.5 Å². The van der Waals surface area contributed by atoms with Crippen molar-refractivity contribution < 1.29 is 13.2 Å². The van der Waals surface area contributed by atoms with Crippen LogP contribution in [-0.2, 0) is 0 Å². The molecule has 1 heterocycles. The molecule has 0 atom stereocenters. The van der Waals surface area contributed by atoms with Crippen molar-refractivity contribution in [3.05, 3.63) is 5.89 Å². The van der Waals surface area contributed by atoms with Crippen molar-refractivity contribution in [2.75, 3.05) is 5.73 Å². The van der Waals surface area contributed by atoms with Crippen LogP contribution in [0, 0.1) is 0 Å². The first-order valence-corrected chi connectivity index (χ1v) is 4.53. The molecule has 1 aromatic heterocycles. The lowest BCUT2D eigenvalue weighted by molar-refractivity contribution is -0.0398. The van der Waals surface area contributed by atoms with E-state index in [9.17, 15) is 8.78 Å². The van der Waals surface area contributed by atoms with E-state index in [1.807, 2.05) is 0 Å². The number of rotatable bonds is 1. The Kier molecular flexibility index (Phi) is 2.13. The molecule has 4 nitrogen and oxygen atoms in total. The third kappa shape index (κ3) is 1.83. The maximum Gasteiger partial charge on any atom is 0.312 e. The van der Waals surface area contributed by atoms with Crippen LogP contribution in [0.2, 0.25) is 0 Å². The molecular weight excluding hydrogens is 192 g/mol. The van der Waals surface area contributed by atoms with E-state index in [1.54, 1.807) is 0 Å². The number of anilines is 1. The van der Waals surface area contributed by atoms with Gasteiger partial charge >= 0.3 is 6.01 Å². The molecule has 1 aromatic rings. The van der Waals surface area contributed by atoms with E-state index in [0.29, 0.717) is 18.7 Å². The van der Waals surface area contributed by atoms with Crippen LogP contribution < -0.4 is 5.73 Å². The number of nitrogens with zero attached hydrogens (tertiary/aromatic N) is 2. The highest BCUT2D eigenvalue weighted by Gasteiger charge is 2.37. The summed E-state index contributed by atoms with van der Waals surface area (Å²) in [7, 11) is 0. The van der Waals surface area contributed by atoms with E-state index < -0.39 is 5.92 Å². The Bertz CT molecular complexity index is 316. The number of halogens is 2. The summed E-state index contributed by atoms with van der Waals surface area (Å²) in [6.07, 6.45) is 0.545. The standard InChI is InChI=1S/C8H11F2N3O/c9-8(10)3-1-5(2-4-8)6-12-13-7(11)14-6/h5H,1-4H2,(H2,11,13). The zero-order valence-electron chi connectivity index (χ0n) is 7.54. The summed E-state index contributed by atoms with van der Waals surface area (Å²) in [6.45, 7) is 0. The Morgan fingerprint density at radius 1 is 1.29 bits per heavy atom. The van der Waals surface area contributed by atoms with E-state index in [1.165, 1.54) is 0 Å². The molecule has 2 N–H and O–H groups in total. The molecule has 78 valence electrons. The molecule has 0 amide bonds. The minimum atomic E-state index is -2.53. The van der Waals surface area contributed by atoms with Gasteiger partial charge in [-0.1, -0.05) is 5.10 Å². The summed E-state index contributed by atoms with van der Waals surface area (Å²) in [5.74, 6) is -2.19. The van der Waals surface area contributed by atoms with E-state index in [2.05, 4.69) is 10.2 Å². The Hall–Kier alpha value is -1.20. The van der Waals surface area contributed by atoms with Crippen molar-refractivity contribution in [3.63, 3.8) is 0 Å². The second kappa shape index (κ2) is 3.18. The van der Waals surface area contributed by atoms with Crippen LogP contribution in [0.4, 0.5) is 14.8 Å². The molecule has 2 rings (SSSR count). The Morgan fingerprint density at radius 3 is 2.43 bits per heavy atom. The highest BCUT2D eigenvalue weighted by Crippen LogP contribution is 2.40. The molecule has 1 saturated carbocycles. The smallest absolute Gasteiger partial charge is 0.312 e. The van der Waals surface area contributed by atoms with Crippen LogP contribution >= 0.6 is 0 Å². The van der Waals surface area contributed by atoms with E-state index in [4.69, 9.17) is 10.2 Å². The highest BCUT2D eigenvalue weighted by molar-refractivity contribution is 5.07. The van der Waals surface area contributed by atoms with Gasteiger partial charge in [0.1, 0.15) is 0 Å². The predicted octanol–water partition coefficient (Wildman–Crippen LogP) is 1.94.